The van der Waals surface area contributed by atoms with Gasteiger partial charge in [0.2, 0.25) is 5.91 Å². The third-order valence-electron chi connectivity index (χ3n) is 6.60. The Labute approximate surface area is 190 Å². The Morgan fingerprint density at radius 1 is 1.09 bits per heavy atom. The first kappa shape index (κ1) is 22.3. The first-order valence-electron chi connectivity index (χ1n) is 11.6. The fourth-order valence-electron chi connectivity index (χ4n) is 4.94. The number of carbonyl (C=O) groups is 2. The van der Waals surface area contributed by atoms with Crippen LogP contribution in [0.15, 0.2) is 67.3 Å². The van der Waals surface area contributed by atoms with E-state index in [9.17, 15) is 9.59 Å². The van der Waals surface area contributed by atoms with Gasteiger partial charge in [0, 0.05) is 25.4 Å². The smallest absolute Gasteiger partial charge is 0.254 e. The topological polar surface area (TPSA) is 58.6 Å². The molecule has 1 aliphatic heterocycles. The molecule has 2 aromatic rings. The monoisotopic (exact) mass is 432 g/mol. The van der Waals surface area contributed by atoms with Crippen molar-refractivity contribution in [3.05, 3.63) is 72.8 Å². The molecule has 168 valence electrons. The number of benzene rings is 2. The fraction of sp³-hybridized carbons (Fsp3) is 0.407. The van der Waals surface area contributed by atoms with Gasteiger partial charge < -0.3 is 15.0 Å². The van der Waals surface area contributed by atoms with Gasteiger partial charge >= 0.3 is 0 Å². The van der Waals surface area contributed by atoms with Gasteiger partial charge in [0.1, 0.15) is 0 Å². The van der Waals surface area contributed by atoms with E-state index in [0.717, 1.165) is 42.4 Å². The highest BCUT2D eigenvalue weighted by Crippen LogP contribution is 2.32. The van der Waals surface area contributed by atoms with Crippen LogP contribution in [0.5, 0.6) is 0 Å². The molecule has 2 aromatic carbocycles. The third-order valence-corrected chi connectivity index (χ3v) is 6.60. The first-order valence-corrected chi connectivity index (χ1v) is 11.6. The molecule has 4 rings (SSSR count). The molecule has 1 heterocycles. The SMILES string of the molecule is C=CCNC(=O)C1(Cc2ccccc2-c2ccccc2)CN(C(=O)C2CCCC2)CCO1. The number of carbonyl (C=O) groups excluding carboxylic acids is 2. The Kier molecular flexibility index (Phi) is 7.05. The maximum Gasteiger partial charge on any atom is 0.254 e. The van der Waals surface area contributed by atoms with Crippen molar-refractivity contribution in [2.45, 2.75) is 37.7 Å². The van der Waals surface area contributed by atoms with Crippen LogP contribution >= 0.6 is 0 Å². The van der Waals surface area contributed by atoms with Crippen LogP contribution in [0, 0.1) is 5.92 Å². The number of amides is 2. The quantitative estimate of drug-likeness (QED) is 0.673. The highest BCUT2D eigenvalue weighted by molar-refractivity contribution is 5.88. The van der Waals surface area contributed by atoms with Crippen LogP contribution in [0.2, 0.25) is 0 Å². The minimum atomic E-state index is -1.12. The molecule has 1 unspecified atom stereocenters. The van der Waals surface area contributed by atoms with Gasteiger partial charge in [-0.25, -0.2) is 0 Å². The second-order valence-corrected chi connectivity index (χ2v) is 8.78. The fourth-order valence-corrected chi connectivity index (χ4v) is 4.94. The Morgan fingerprint density at radius 3 is 2.56 bits per heavy atom. The molecular formula is C27H32N2O3. The highest BCUT2D eigenvalue weighted by Gasteiger charge is 2.46. The lowest BCUT2D eigenvalue weighted by Gasteiger charge is -2.42. The number of nitrogens with one attached hydrogen (secondary N) is 1. The van der Waals surface area contributed by atoms with Gasteiger partial charge in [0.15, 0.2) is 5.60 Å². The molecule has 0 aromatic heterocycles. The van der Waals surface area contributed by atoms with Crippen LogP contribution in [0.25, 0.3) is 11.1 Å². The molecule has 2 amide bonds. The number of rotatable bonds is 7. The van der Waals surface area contributed by atoms with Crippen LogP contribution in [0.3, 0.4) is 0 Å². The molecule has 5 heteroatoms. The molecular weight excluding hydrogens is 400 g/mol. The molecule has 1 N–H and O–H groups in total. The molecule has 1 atom stereocenters. The normalized spacial score (nSPS) is 21.3. The zero-order valence-corrected chi connectivity index (χ0v) is 18.6. The second kappa shape index (κ2) is 10.1. The lowest BCUT2D eigenvalue weighted by atomic mass is 9.87. The van der Waals surface area contributed by atoms with E-state index in [2.05, 4.69) is 30.1 Å². The van der Waals surface area contributed by atoms with Crippen molar-refractivity contribution in [3.8, 4) is 11.1 Å². The zero-order valence-electron chi connectivity index (χ0n) is 18.6. The summed E-state index contributed by atoms with van der Waals surface area (Å²) in [7, 11) is 0. The summed E-state index contributed by atoms with van der Waals surface area (Å²) in [5, 5.41) is 2.93. The standard InChI is InChI=1S/C27H32N2O3/c1-2-16-28-26(31)27(20-29(17-18-32-27)25(30)22-12-6-7-13-22)19-23-14-8-9-15-24(23)21-10-4-3-5-11-21/h2-5,8-11,14-15,22H,1,6-7,12-13,16-20H2,(H,28,31). The summed E-state index contributed by atoms with van der Waals surface area (Å²) < 4.78 is 6.22. The predicted octanol–water partition coefficient (Wildman–Crippen LogP) is 3.99. The number of morpholine rings is 1. The molecule has 1 saturated carbocycles. The molecule has 5 nitrogen and oxygen atoms in total. The molecule has 0 bridgehead atoms. The van der Waals surface area contributed by atoms with Gasteiger partial charge in [0.05, 0.1) is 13.2 Å². The lowest BCUT2D eigenvalue weighted by Crippen LogP contribution is -2.62. The number of hydrogen-bond acceptors (Lipinski definition) is 3. The summed E-state index contributed by atoms with van der Waals surface area (Å²) in [5.74, 6) is 0.0610. The Hall–Kier alpha value is -2.92. The Bertz CT molecular complexity index is 952. The van der Waals surface area contributed by atoms with Crippen molar-refractivity contribution >= 4 is 11.8 Å². The minimum Gasteiger partial charge on any atom is -0.361 e. The molecule has 0 spiro atoms. The van der Waals surface area contributed by atoms with Crippen molar-refractivity contribution in [1.82, 2.24) is 10.2 Å². The van der Waals surface area contributed by atoms with Crippen LogP contribution in [0.4, 0.5) is 0 Å². The van der Waals surface area contributed by atoms with Crippen molar-refractivity contribution in [2.24, 2.45) is 5.92 Å². The summed E-state index contributed by atoms with van der Waals surface area (Å²) in [6.45, 7) is 5.24. The van der Waals surface area contributed by atoms with Gasteiger partial charge in [-0.1, -0.05) is 73.5 Å². The first-order chi connectivity index (χ1) is 15.6. The van der Waals surface area contributed by atoms with Crippen LogP contribution < -0.4 is 5.32 Å². The lowest BCUT2D eigenvalue weighted by molar-refractivity contribution is -0.167. The van der Waals surface area contributed by atoms with Gasteiger partial charge in [-0.05, 0) is 29.5 Å². The van der Waals surface area contributed by atoms with Crippen molar-refractivity contribution in [1.29, 1.82) is 0 Å². The van der Waals surface area contributed by atoms with E-state index in [1.807, 2.05) is 41.3 Å². The van der Waals surface area contributed by atoms with E-state index in [1.165, 1.54) is 0 Å². The maximum absolute atomic E-state index is 13.4. The van der Waals surface area contributed by atoms with Gasteiger partial charge in [-0.2, -0.15) is 0 Å². The Balaban J connectivity index is 1.65. The van der Waals surface area contributed by atoms with Gasteiger partial charge in [-0.15, -0.1) is 6.58 Å². The van der Waals surface area contributed by atoms with Gasteiger partial charge in [-0.3, -0.25) is 9.59 Å². The third kappa shape index (κ3) is 4.78. The number of nitrogens with zero attached hydrogens (tertiary/aromatic N) is 1. The summed E-state index contributed by atoms with van der Waals surface area (Å²) in [6, 6.07) is 18.3. The molecule has 0 radical (unpaired) electrons. The van der Waals surface area contributed by atoms with Crippen LogP contribution in [0.1, 0.15) is 31.2 Å². The van der Waals surface area contributed by atoms with Crippen molar-refractivity contribution < 1.29 is 14.3 Å². The molecule has 1 aliphatic carbocycles. The summed E-state index contributed by atoms with van der Waals surface area (Å²) >= 11 is 0. The Morgan fingerprint density at radius 2 is 1.81 bits per heavy atom. The summed E-state index contributed by atoms with van der Waals surface area (Å²) in [6.07, 6.45) is 6.17. The average molecular weight is 433 g/mol. The van der Waals surface area contributed by atoms with Gasteiger partial charge in [0.25, 0.3) is 5.91 Å². The number of ether oxygens (including phenoxy) is 1. The molecule has 32 heavy (non-hydrogen) atoms. The summed E-state index contributed by atoms with van der Waals surface area (Å²) in [5.41, 5.74) is 2.08. The van der Waals surface area contributed by atoms with E-state index >= 15 is 0 Å². The van der Waals surface area contributed by atoms with Crippen molar-refractivity contribution in [3.63, 3.8) is 0 Å². The predicted molar refractivity (Wildman–Crippen MR) is 126 cm³/mol. The molecule has 2 aliphatic rings. The highest BCUT2D eigenvalue weighted by atomic mass is 16.5. The minimum absolute atomic E-state index is 0.0821. The molecule has 1 saturated heterocycles. The largest absolute Gasteiger partial charge is 0.361 e. The average Bonchev–Trinajstić information content (AvgIpc) is 3.38. The van der Waals surface area contributed by atoms with E-state index in [-0.39, 0.29) is 24.3 Å². The number of hydrogen-bond donors (Lipinski definition) is 1. The van der Waals surface area contributed by atoms with E-state index in [1.54, 1.807) is 6.08 Å². The van der Waals surface area contributed by atoms with Crippen LogP contribution in [-0.4, -0.2) is 48.6 Å². The van der Waals surface area contributed by atoms with Crippen molar-refractivity contribution in [2.75, 3.05) is 26.2 Å². The van der Waals surface area contributed by atoms with E-state index in [0.29, 0.717) is 26.1 Å². The van der Waals surface area contributed by atoms with Crippen LogP contribution in [-0.2, 0) is 20.7 Å². The zero-order chi connectivity index (χ0) is 22.4. The second-order valence-electron chi connectivity index (χ2n) is 8.78. The van der Waals surface area contributed by atoms with E-state index in [4.69, 9.17) is 4.74 Å². The maximum atomic E-state index is 13.4. The van der Waals surface area contributed by atoms with E-state index < -0.39 is 5.60 Å². The molecule has 2 fully saturated rings. The summed E-state index contributed by atoms with van der Waals surface area (Å²) in [4.78, 5) is 28.4.